The third kappa shape index (κ3) is 4.48. The van der Waals surface area contributed by atoms with Crippen LogP contribution in [0.3, 0.4) is 0 Å². The van der Waals surface area contributed by atoms with E-state index in [4.69, 9.17) is 4.74 Å². The van der Waals surface area contributed by atoms with E-state index in [0.29, 0.717) is 29.5 Å². The molecule has 1 aliphatic rings. The molecule has 0 aromatic carbocycles. The van der Waals surface area contributed by atoms with Gasteiger partial charge in [0, 0.05) is 30.9 Å². The summed E-state index contributed by atoms with van der Waals surface area (Å²) < 4.78 is 7.92. The van der Waals surface area contributed by atoms with Gasteiger partial charge in [-0.15, -0.1) is 0 Å². The monoisotopic (exact) mass is 438 g/mol. The molecule has 0 atom stereocenters. The van der Waals surface area contributed by atoms with Gasteiger partial charge in [0.25, 0.3) is 0 Å². The van der Waals surface area contributed by atoms with E-state index in [1.807, 2.05) is 20.8 Å². The van der Waals surface area contributed by atoms with Crippen LogP contribution in [0, 0.1) is 11.3 Å². The average Bonchev–Trinajstić information content (AvgIpc) is 3.51. The molecule has 1 saturated carbocycles. The quantitative estimate of drug-likeness (QED) is 0.568. The number of amides is 1. The van der Waals surface area contributed by atoms with Crippen LogP contribution in [0.1, 0.15) is 44.0 Å². The number of fused-ring (bicyclic) bond motifs is 1. The van der Waals surface area contributed by atoms with Crippen LogP contribution in [0.15, 0.2) is 35.5 Å². The van der Waals surface area contributed by atoms with Crippen LogP contribution >= 0.6 is 0 Å². The SMILES string of the molecule is COC(=O)c1cnc(NC(=O)C2CC2)cc1Nc1cnc2ccn(CC(C)(C)C)c(=O)n12. The minimum Gasteiger partial charge on any atom is -0.465 e. The molecule has 3 aromatic rings. The molecule has 0 unspecified atom stereocenters. The molecule has 4 rings (SSSR count). The molecule has 1 fully saturated rings. The zero-order chi connectivity index (χ0) is 23.0. The standard InChI is InChI=1S/C22H26N6O4/c1-22(2,3)12-27-8-7-17-24-11-18(28(17)21(27)31)25-15-9-16(26-19(29)13-5-6-13)23-10-14(15)20(30)32-4/h7-11,13H,5-6,12H2,1-4H3,(H2,23,25,26,29). The van der Waals surface area contributed by atoms with Gasteiger partial charge in [-0.2, -0.15) is 0 Å². The Morgan fingerprint density at radius 1 is 1.22 bits per heavy atom. The highest BCUT2D eigenvalue weighted by molar-refractivity contribution is 5.98. The van der Waals surface area contributed by atoms with E-state index in [-0.39, 0.29) is 28.5 Å². The van der Waals surface area contributed by atoms with Gasteiger partial charge in [0.05, 0.1) is 19.0 Å². The number of anilines is 3. The van der Waals surface area contributed by atoms with Gasteiger partial charge in [0.15, 0.2) is 0 Å². The van der Waals surface area contributed by atoms with Crippen LogP contribution in [-0.2, 0) is 16.1 Å². The molecular formula is C22H26N6O4. The molecule has 1 aliphatic carbocycles. The molecule has 3 aromatic heterocycles. The average molecular weight is 438 g/mol. The summed E-state index contributed by atoms with van der Waals surface area (Å²) in [7, 11) is 1.27. The fourth-order valence-electron chi connectivity index (χ4n) is 3.36. The molecule has 32 heavy (non-hydrogen) atoms. The molecule has 10 nitrogen and oxygen atoms in total. The Hall–Kier alpha value is -3.69. The summed E-state index contributed by atoms with van der Waals surface area (Å²) in [6.07, 6.45) is 6.29. The molecule has 10 heteroatoms. The summed E-state index contributed by atoms with van der Waals surface area (Å²) in [6, 6.07) is 3.30. The third-order valence-corrected chi connectivity index (χ3v) is 5.05. The Morgan fingerprint density at radius 3 is 2.62 bits per heavy atom. The zero-order valence-corrected chi connectivity index (χ0v) is 18.5. The predicted octanol–water partition coefficient (Wildman–Crippen LogP) is 2.82. The van der Waals surface area contributed by atoms with Crippen LogP contribution in [-0.4, -0.2) is 37.9 Å². The topological polar surface area (TPSA) is 120 Å². The highest BCUT2D eigenvalue weighted by atomic mass is 16.5. The van der Waals surface area contributed by atoms with Crippen LogP contribution in [0.5, 0.6) is 0 Å². The Bertz CT molecular complexity index is 1250. The number of carbonyl (C=O) groups excluding carboxylic acids is 2. The lowest BCUT2D eigenvalue weighted by Gasteiger charge is -2.19. The molecule has 0 aliphatic heterocycles. The van der Waals surface area contributed by atoms with Crippen LogP contribution in [0.4, 0.5) is 17.3 Å². The van der Waals surface area contributed by atoms with Crippen molar-refractivity contribution >= 4 is 34.8 Å². The lowest BCUT2D eigenvalue weighted by molar-refractivity contribution is -0.117. The first-order valence-corrected chi connectivity index (χ1v) is 10.4. The van der Waals surface area contributed by atoms with Crippen molar-refractivity contribution in [2.45, 2.75) is 40.2 Å². The largest absolute Gasteiger partial charge is 0.465 e. The summed E-state index contributed by atoms with van der Waals surface area (Å²) in [6.45, 7) is 6.68. The van der Waals surface area contributed by atoms with Crippen LogP contribution < -0.4 is 16.3 Å². The fraction of sp³-hybridized carbons (Fsp3) is 0.409. The highest BCUT2D eigenvalue weighted by Crippen LogP contribution is 2.31. The normalized spacial score (nSPS) is 13.8. The van der Waals surface area contributed by atoms with E-state index in [1.54, 1.807) is 22.9 Å². The molecule has 1 amide bonds. The highest BCUT2D eigenvalue weighted by Gasteiger charge is 2.30. The van der Waals surface area contributed by atoms with Crippen LogP contribution in [0.2, 0.25) is 0 Å². The smallest absolute Gasteiger partial charge is 0.341 e. The van der Waals surface area contributed by atoms with Gasteiger partial charge in [0.2, 0.25) is 5.91 Å². The maximum absolute atomic E-state index is 13.1. The number of hydrogen-bond donors (Lipinski definition) is 2. The summed E-state index contributed by atoms with van der Waals surface area (Å²) >= 11 is 0. The molecule has 3 heterocycles. The first kappa shape index (κ1) is 21.5. The molecule has 2 N–H and O–H groups in total. The molecular weight excluding hydrogens is 412 g/mol. The molecule has 0 radical (unpaired) electrons. The second-order valence-corrected chi connectivity index (χ2v) is 9.12. The molecule has 0 bridgehead atoms. The van der Waals surface area contributed by atoms with Crippen molar-refractivity contribution in [1.82, 2.24) is 18.9 Å². The number of pyridine rings is 1. The number of aromatic nitrogens is 4. The second kappa shape index (κ2) is 8.10. The lowest BCUT2D eigenvalue weighted by Crippen LogP contribution is -2.31. The summed E-state index contributed by atoms with van der Waals surface area (Å²) in [5.41, 5.74) is 0.624. The second-order valence-electron chi connectivity index (χ2n) is 9.12. The van der Waals surface area contributed by atoms with E-state index >= 15 is 0 Å². The summed E-state index contributed by atoms with van der Waals surface area (Å²) in [4.78, 5) is 46.0. The number of esters is 1. The van der Waals surface area contributed by atoms with Crippen molar-refractivity contribution in [3.05, 3.63) is 46.8 Å². The van der Waals surface area contributed by atoms with Gasteiger partial charge in [-0.1, -0.05) is 20.8 Å². The van der Waals surface area contributed by atoms with Crippen LogP contribution in [0.25, 0.3) is 5.65 Å². The third-order valence-electron chi connectivity index (χ3n) is 5.05. The first-order chi connectivity index (χ1) is 15.2. The summed E-state index contributed by atoms with van der Waals surface area (Å²) in [5, 5.41) is 5.86. The maximum Gasteiger partial charge on any atom is 0.341 e. The van der Waals surface area contributed by atoms with Gasteiger partial charge in [-0.05, 0) is 24.3 Å². The van der Waals surface area contributed by atoms with Crippen molar-refractivity contribution in [2.24, 2.45) is 11.3 Å². The van der Waals surface area contributed by atoms with Gasteiger partial charge < -0.3 is 15.4 Å². The van der Waals surface area contributed by atoms with E-state index in [1.165, 1.54) is 23.9 Å². The van der Waals surface area contributed by atoms with E-state index < -0.39 is 5.97 Å². The van der Waals surface area contributed by atoms with Crippen molar-refractivity contribution < 1.29 is 14.3 Å². The van der Waals surface area contributed by atoms with Gasteiger partial charge in [-0.3, -0.25) is 9.36 Å². The maximum atomic E-state index is 13.1. The predicted molar refractivity (Wildman–Crippen MR) is 119 cm³/mol. The number of hydrogen-bond acceptors (Lipinski definition) is 7. The number of imidazole rings is 1. The van der Waals surface area contributed by atoms with Crippen molar-refractivity contribution in [3.63, 3.8) is 0 Å². The number of nitrogens with zero attached hydrogens (tertiary/aromatic N) is 4. The minimum atomic E-state index is -0.598. The molecule has 0 spiro atoms. The summed E-state index contributed by atoms with van der Waals surface area (Å²) in [5.74, 6) is -0.0122. The molecule has 168 valence electrons. The number of rotatable bonds is 6. The van der Waals surface area contributed by atoms with Crippen molar-refractivity contribution in [1.29, 1.82) is 0 Å². The van der Waals surface area contributed by atoms with Crippen molar-refractivity contribution in [3.8, 4) is 0 Å². The minimum absolute atomic E-state index is 0.00792. The van der Waals surface area contributed by atoms with Gasteiger partial charge in [0.1, 0.15) is 22.8 Å². The number of nitrogens with one attached hydrogen (secondary N) is 2. The van der Waals surface area contributed by atoms with E-state index in [9.17, 15) is 14.4 Å². The Labute approximate surface area is 184 Å². The Balaban J connectivity index is 1.73. The Kier molecular flexibility index (Phi) is 5.45. The van der Waals surface area contributed by atoms with Gasteiger partial charge >= 0.3 is 11.7 Å². The molecule has 0 saturated heterocycles. The zero-order valence-electron chi connectivity index (χ0n) is 18.5. The Morgan fingerprint density at radius 2 is 1.97 bits per heavy atom. The number of carbonyl (C=O) groups is 2. The van der Waals surface area contributed by atoms with Gasteiger partial charge in [-0.25, -0.2) is 24.0 Å². The van der Waals surface area contributed by atoms with E-state index in [2.05, 4.69) is 20.6 Å². The van der Waals surface area contributed by atoms with E-state index in [0.717, 1.165) is 12.8 Å². The lowest BCUT2D eigenvalue weighted by atomic mass is 9.97. The van der Waals surface area contributed by atoms with Crippen molar-refractivity contribution in [2.75, 3.05) is 17.7 Å². The fourth-order valence-corrected chi connectivity index (χ4v) is 3.36. The first-order valence-electron chi connectivity index (χ1n) is 10.4. The number of ether oxygens (including phenoxy) is 1. The number of methoxy groups -OCH3 is 1.